The first-order valence-electron chi connectivity index (χ1n) is 12.5. The summed E-state index contributed by atoms with van der Waals surface area (Å²) in [5.74, 6) is -0.594. The number of aryl methyl sites for hydroxylation is 4. The second-order valence-electron chi connectivity index (χ2n) is 10.4. The number of ketones is 2. The molecule has 2 aliphatic carbocycles. The Kier molecular flexibility index (Phi) is 5.15. The van der Waals surface area contributed by atoms with Crippen molar-refractivity contribution >= 4 is 11.6 Å². The van der Waals surface area contributed by atoms with Gasteiger partial charge in [-0.2, -0.15) is 0 Å². The second-order valence-corrected chi connectivity index (χ2v) is 10.4. The lowest BCUT2D eigenvalue weighted by atomic mass is 9.80. The van der Waals surface area contributed by atoms with Gasteiger partial charge in [-0.05, 0) is 49.9 Å². The van der Waals surface area contributed by atoms with E-state index in [-0.39, 0.29) is 23.4 Å². The van der Waals surface area contributed by atoms with Gasteiger partial charge in [0.25, 0.3) is 0 Å². The number of benzene rings is 4. The van der Waals surface area contributed by atoms with Crippen molar-refractivity contribution in [2.75, 3.05) is 0 Å². The van der Waals surface area contributed by atoms with Crippen molar-refractivity contribution in [1.29, 1.82) is 0 Å². The van der Waals surface area contributed by atoms with Crippen LogP contribution < -0.4 is 0 Å². The number of Topliss-reactive ketones (excluding diaryl/α,β-unsaturated/α-hetero) is 2. The average Bonchev–Trinajstić information content (AvgIpc) is 3.29. The molecule has 6 rings (SSSR count). The van der Waals surface area contributed by atoms with Crippen molar-refractivity contribution in [2.45, 2.75) is 39.5 Å². The molecule has 2 aliphatic rings. The molecular weight excluding hydrogens is 440 g/mol. The van der Waals surface area contributed by atoms with E-state index < -0.39 is 0 Å². The maximum atomic E-state index is 14.1. The minimum absolute atomic E-state index is 0.0275. The van der Waals surface area contributed by atoms with Gasteiger partial charge in [-0.1, -0.05) is 107 Å². The van der Waals surface area contributed by atoms with Crippen LogP contribution in [0.1, 0.15) is 77.1 Å². The molecule has 0 saturated carbocycles. The predicted molar refractivity (Wildman–Crippen MR) is 144 cm³/mol. The van der Waals surface area contributed by atoms with Gasteiger partial charge in [-0.3, -0.25) is 9.59 Å². The summed E-state index contributed by atoms with van der Waals surface area (Å²) >= 11 is 0. The van der Waals surface area contributed by atoms with Crippen molar-refractivity contribution < 1.29 is 9.59 Å². The molecule has 4 aromatic carbocycles. The van der Waals surface area contributed by atoms with Crippen molar-refractivity contribution in [1.82, 2.24) is 0 Å². The molecule has 2 atom stereocenters. The lowest BCUT2D eigenvalue weighted by molar-refractivity contribution is 0.100. The van der Waals surface area contributed by atoms with Crippen LogP contribution >= 0.6 is 0 Å². The van der Waals surface area contributed by atoms with Gasteiger partial charge in [-0.15, -0.1) is 0 Å². The van der Waals surface area contributed by atoms with E-state index in [1.54, 1.807) is 0 Å². The Morgan fingerprint density at radius 3 is 1.17 bits per heavy atom. The van der Waals surface area contributed by atoms with Crippen LogP contribution in [0.2, 0.25) is 0 Å². The van der Waals surface area contributed by atoms with Gasteiger partial charge < -0.3 is 0 Å². The van der Waals surface area contributed by atoms with Crippen LogP contribution in [-0.2, 0) is 0 Å². The van der Waals surface area contributed by atoms with E-state index in [1.807, 2.05) is 48.5 Å². The summed E-state index contributed by atoms with van der Waals surface area (Å²) in [4.78, 5) is 28.3. The molecule has 2 nitrogen and oxygen atoms in total. The van der Waals surface area contributed by atoms with Gasteiger partial charge in [0.2, 0.25) is 0 Å². The Balaban J connectivity index is 1.70. The number of rotatable bonds is 2. The van der Waals surface area contributed by atoms with Gasteiger partial charge in [0.05, 0.1) is 0 Å². The van der Waals surface area contributed by atoms with Crippen LogP contribution in [0.3, 0.4) is 0 Å². The molecule has 0 aromatic heterocycles. The summed E-state index contributed by atoms with van der Waals surface area (Å²) in [7, 11) is 0. The monoisotopic (exact) mass is 468 g/mol. The molecule has 2 heteroatoms. The van der Waals surface area contributed by atoms with E-state index in [9.17, 15) is 9.59 Å². The van der Waals surface area contributed by atoms with Crippen molar-refractivity contribution in [2.24, 2.45) is 0 Å². The van der Waals surface area contributed by atoms with E-state index in [0.29, 0.717) is 22.3 Å². The number of carbonyl (C=O) groups excluding carboxylic acids is 2. The Morgan fingerprint density at radius 2 is 0.806 bits per heavy atom. The minimum atomic E-state index is -0.269. The molecule has 0 aliphatic heterocycles. The fourth-order valence-corrected chi connectivity index (χ4v) is 6.38. The first-order valence-corrected chi connectivity index (χ1v) is 12.5. The summed E-state index contributed by atoms with van der Waals surface area (Å²) in [5.41, 5.74) is 11.4. The molecule has 0 spiro atoms. The normalized spacial score (nSPS) is 20.6. The molecule has 0 saturated heterocycles. The molecule has 176 valence electrons. The highest BCUT2D eigenvalue weighted by Crippen LogP contribution is 2.51. The third-order valence-corrected chi connectivity index (χ3v) is 7.54. The second kappa shape index (κ2) is 8.27. The number of carbonyl (C=O) groups is 2. The van der Waals surface area contributed by atoms with Crippen LogP contribution in [-0.4, -0.2) is 11.6 Å². The molecular formula is C34H28O2. The topological polar surface area (TPSA) is 34.1 Å². The molecule has 0 bridgehead atoms. The molecule has 0 fully saturated rings. The van der Waals surface area contributed by atoms with E-state index >= 15 is 0 Å². The van der Waals surface area contributed by atoms with Gasteiger partial charge in [0, 0.05) is 34.1 Å². The quantitative estimate of drug-likeness (QED) is 0.284. The summed E-state index contributed by atoms with van der Waals surface area (Å²) < 4.78 is 0. The molecule has 0 amide bonds. The largest absolute Gasteiger partial charge is 0.289 e. The summed E-state index contributed by atoms with van der Waals surface area (Å²) in [6.07, 6.45) is 0. The van der Waals surface area contributed by atoms with E-state index in [2.05, 4.69) is 64.1 Å². The predicted octanol–water partition coefficient (Wildman–Crippen LogP) is 7.57. The smallest absolute Gasteiger partial charge is 0.190 e. The first-order chi connectivity index (χ1) is 17.3. The molecule has 0 radical (unpaired) electrons. The number of allylic oxidation sites excluding steroid dienone is 2. The average molecular weight is 469 g/mol. The van der Waals surface area contributed by atoms with Crippen molar-refractivity contribution in [3.63, 3.8) is 0 Å². The lowest BCUT2D eigenvalue weighted by Crippen LogP contribution is -2.14. The third-order valence-electron chi connectivity index (χ3n) is 7.54. The van der Waals surface area contributed by atoms with Crippen LogP contribution in [0.25, 0.3) is 0 Å². The van der Waals surface area contributed by atoms with Gasteiger partial charge in [-0.25, -0.2) is 0 Å². The van der Waals surface area contributed by atoms with E-state index in [4.69, 9.17) is 0 Å². The minimum Gasteiger partial charge on any atom is -0.289 e. The van der Waals surface area contributed by atoms with E-state index in [0.717, 1.165) is 44.5 Å². The van der Waals surface area contributed by atoms with Crippen molar-refractivity contribution in [3.8, 4) is 0 Å². The highest BCUT2D eigenvalue weighted by molar-refractivity contribution is 6.24. The summed E-state index contributed by atoms with van der Waals surface area (Å²) in [6, 6.07) is 28.6. The maximum absolute atomic E-state index is 14.1. The number of fused-ring (bicyclic) bond motifs is 2. The standard InChI is InChI=1S/C34H28O2/c1-19-13-20(2)16-23(15-19)29-25-9-5-7-11-27(25)33(35)31(29)32-30(24-17-21(3)14-22(4)18-24)26-10-6-8-12-28(26)34(32)36/h5-18,29-30H,1-4H3/t29-,30+. The summed E-state index contributed by atoms with van der Waals surface area (Å²) in [6.45, 7) is 8.34. The van der Waals surface area contributed by atoms with Gasteiger partial charge >= 0.3 is 0 Å². The Labute approximate surface area is 212 Å². The fourth-order valence-electron chi connectivity index (χ4n) is 6.38. The zero-order chi connectivity index (χ0) is 25.1. The van der Waals surface area contributed by atoms with Crippen molar-refractivity contribution in [3.05, 3.63) is 152 Å². The summed E-state index contributed by atoms with van der Waals surface area (Å²) in [5, 5.41) is 0. The van der Waals surface area contributed by atoms with E-state index in [1.165, 1.54) is 0 Å². The zero-order valence-electron chi connectivity index (χ0n) is 21.1. The molecule has 0 N–H and O–H groups in total. The molecule has 36 heavy (non-hydrogen) atoms. The SMILES string of the molecule is Cc1cc(C)cc([C@H]2C(=C3C(=O)c4ccccc4[C@@H]3c3cc(C)cc(C)c3)C(=O)c3ccccc32)c1. The third kappa shape index (κ3) is 3.40. The highest BCUT2D eigenvalue weighted by atomic mass is 16.1. The lowest BCUT2D eigenvalue weighted by Gasteiger charge is -2.21. The number of hydrogen-bond acceptors (Lipinski definition) is 2. The Morgan fingerprint density at radius 1 is 0.472 bits per heavy atom. The van der Waals surface area contributed by atoms with Crippen LogP contribution in [0.15, 0.2) is 96.1 Å². The first kappa shape index (κ1) is 22.4. The molecule has 0 unspecified atom stereocenters. The Bertz CT molecular complexity index is 1460. The zero-order valence-corrected chi connectivity index (χ0v) is 21.1. The Hall–Kier alpha value is -4.04. The van der Waals surface area contributed by atoms with Gasteiger partial charge in [0.1, 0.15) is 0 Å². The molecule has 4 aromatic rings. The maximum Gasteiger partial charge on any atom is 0.190 e. The van der Waals surface area contributed by atoms with Crippen LogP contribution in [0.5, 0.6) is 0 Å². The fraction of sp³-hybridized carbons (Fsp3) is 0.176. The van der Waals surface area contributed by atoms with Crippen LogP contribution in [0.4, 0.5) is 0 Å². The van der Waals surface area contributed by atoms with Crippen LogP contribution in [0, 0.1) is 27.7 Å². The molecule has 0 heterocycles. The van der Waals surface area contributed by atoms with Gasteiger partial charge in [0.15, 0.2) is 11.6 Å². The number of hydrogen-bond donors (Lipinski definition) is 0. The highest BCUT2D eigenvalue weighted by Gasteiger charge is 2.45.